The third-order valence-electron chi connectivity index (χ3n) is 3.87. The van der Waals surface area contributed by atoms with Gasteiger partial charge in [-0.05, 0) is 43.7 Å². The third-order valence-corrected chi connectivity index (χ3v) is 3.87. The second-order valence-electron chi connectivity index (χ2n) is 5.99. The molecule has 1 saturated heterocycles. The molecule has 0 aliphatic carbocycles. The minimum absolute atomic E-state index is 0.0249. The Hall–Kier alpha value is -2.34. The molecule has 1 heterocycles. The van der Waals surface area contributed by atoms with Crippen LogP contribution >= 0.6 is 0 Å². The molecule has 1 aliphatic rings. The van der Waals surface area contributed by atoms with Crippen molar-refractivity contribution in [3.05, 3.63) is 53.6 Å². The number of nitrogens with zero attached hydrogens (tertiary/aromatic N) is 1. The summed E-state index contributed by atoms with van der Waals surface area (Å²) in [5, 5.41) is 9.00. The zero-order chi connectivity index (χ0) is 18.2. The van der Waals surface area contributed by atoms with Crippen LogP contribution in [0.2, 0.25) is 0 Å². The number of hydrogen-bond donors (Lipinski definition) is 1. The fraction of sp³-hybridized carbons (Fsp3) is 0.421. The van der Waals surface area contributed by atoms with E-state index in [1.165, 1.54) is 13.0 Å². The molecule has 1 aromatic carbocycles. The first-order chi connectivity index (χ1) is 12.0. The molecule has 0 aromatic heterocycles. The maximum absolute atomic E-state index is 12.7. The first-order valence-electron chi connectivity index (χ1n) is 8.25. The molecule has 1 amide bonds. The molecule has 5 nitrogen and oxygen atoms in total. The van der Waals surface area contributed by atoms with Gasteiger partial charge in [-0.3, -0.25) is 4.79 Å². The van der Waals surface area contributed by atoms with Crippen LogP contribution in [-0.2, 0) is 16.1 Å². The summed E-state index contributed by atoms with van der Waals surface area (Å²) in [7, 11) is 0. The number of benzene rings is 1. The molecule has 25 heavy (non-hydrogen) atoms. The van der Waals surface area contributed by atoms with Gasteiger partial charge in [0.05, 0.1) is 24.7 Å². The highest BCUT2D eigenvalue weighted by atomic mass is 19.1. The lowest BCUT2D eigenvalue weighted by atomic mass is 10.2. The number of carbonyl (C=O) groups is 1. The molecule has 1 aromatic rings. The number of hydrogen-bond acceptors (Lipinski definition) is 4. The Morgan fingerprint density at radius 3 is 2.68 bits per heavy atom. The van der Waals surface area contributed by atoms with Crippen LogP contribution in [0.5, 0.6) is 5.75 Å². The van der Waals surface area contributed by atoms with Gasteiger partial charge in [-0.15, -0.1) is 0 Å². The highest BCUT2D eigenvalue weighted by Crippen LogP contribution is 2.17. The number of halogens is 1. The maximum Gasteiger partial charge on any atom is 0.260 e. The summed E-state index contributed by atoms with van der Waals surface area (Å²) >= 11 is 0. The normalized spacial score (nSPS) is 18.4. The molecule has 0 saturated carbocycles. The van der Waals surface area contributed by atoms with Gasteiger partial charge in [0.25, 0.3) is 5.91 Å². The lowest BCUT2D eigenvalue weighted by Gasteiger charge is -2.17. The summed E-state index contributed by atoms with van der Waals surface area (Å²) in [6.45, 7) is 4.18. The Morgan fingerprint density at radius 1 is 1.32 bits per heavy atom. The monoisotopic (exact) mass is 349 g/mol. The standard InChI is InChI=1S/C19H24FNO4/c1-14(20)3-4-15(2)25-18-9-10-21(11-18)19(23)13-24-17-7-5-16(12-22)6-8-17/h3-8,18,22H,9-13H2,1-2H3/b14-3+,15-4+. The predicted octanol–water partition coefficient (Wildman–Crippen LogP) is 2.95. The van der Waals surface area contributed by atoms with E-state index in [4.69, 9.17) is 14.6 Å². The van der Waals surface area contributed by atoms with Crippen molar-refractivity contribution in [2.24, 2.45) is 0 Å². The van der Waals surface area contributed by atoms with Gasteiger partial charge in [0.15, 0.2) is 6.61 Å². The Morgan fingerprint density at radius 2 is 2.04 bits per heavy atom. The molecule has 0 spiro atoms. The SMILES string of the molecule is C/C(F)=C\C=C(/C)OC1CCN(C(=O)COc2ccc(CO)cc2)C1. The lowest BCUT2D eigenvalue weighted by Crippen LogP contribution is -2.34. The summed E-state index contributed by atoms with van der Waals surface area (Å²) in [6.07, 6.45) is 3.58. The molecule has 1 N–H and O–H groups in total. The van der Waals surface area contributed by atoms with E-state index in [-0.39, 0.29) is 31.1 Å². The van der Waals surface area contributed by atoms with Crippen LogP contribution in [0.3, 0.4) is 0 Å². The lowest BCUT2D eigenvalue weighted by molar-refractivity contribution is -0.132. The molecule has 0 radical (unpaired) electrons. The molecule has 136 valence electrons. The van der Waals surface area contributed by atoms with Gasteiger partial charge in [0, 0.05) is 13.0 Å². The van der Waals surface area contributed by atoms with Gasteiger partial charge < -0.3 is 19.5 Å². The second-order valence-corrected chi connectivity index (χ2v) is 5.99. The smallest absolute Gasteiger partial charge is 0.260 e. The number of likely N-dealkylation sites (tertiary alicyclic amines) is 1. The van der Waals surface area contributed by atoms with E-state index in [9.17, 15) is 9.18 Å². The number of allylic oxidation sites excluding steroid dienone is 4. The highest BCUT2D eigenvalue weighted by Gasteiger charge is 2.27. The van der Waals surface area contributed by atoms with Crippen LogP contribution in [0, 0.1) is 0 Å². The minimum atomic E-state index is -0.282. The van der Waals surface area contributed by atoms with E-state index in [0.717, 1.165) is 12.0 Å². The van der Waals surface area contributed by atoms with Crippen molar-refractivity contribution in [1.29, 1.82) is 0 Å². The zero-order valence-corrected chi connectivity index (χ0v) is 14.6. The number of amides is 1. The van der Waals surface area contributed by atoms with E-state index >= 15 is 0 Å². The summed E-state index contributed by atoms with van der Waals surface area (Å²) < 4.78 is 23.9. The first kappa shape index (κ1) is 19.0. The molecular weight excluding hydrogens is 325 g/mol. The third kappa shape index (κ3) is 6.23. The van der Waals surface area contributed by atoms with Crippen molar-refractivity contribution in [3.63, 3.8) is 0 Å². The van der Waals surface area contributed by atoms with Crippen LogP contribution < -0.4 is 4.74 Å². The average Bonchev–Trinajstić information content (AvgIpc) is 3.07. The number of carbonyl (C=O) groups excluding carboxylic acids is 1. The zero-order valence-electron chi connectivity index (χ0n) is 14.6. The minimum Gasteiger partial charge on any atom is -0.493 e. The Balaban J connectivity index is 1.77. The summed E-state index contributed by atoms with van der Waals surface area (Å²) in [5.74, 6) is 0.829. The Labute approximate surface area is 147 Å². The van der Waals surface area contributed by atoms with Crippen molar-refractivity contribution in [2.45, 2.75) is 33.0 Å². The van der Waals surface area contributed by atoms with Gasteiger partial charge in [0.2, 0.25) is 0 Å². The Bertz CT molecular complexity index is 635. The van der Waals surface area contributed by atoms with Crippen molar-refractivity contribution in [2.75, 3.05) is 19.7 Å². The van der Waals surface area contributed by atoms with Gasteiger partial charge in [-0.2, -0.15) is 0 Å². The molecule has 1 fully saturated rings. The van der Waals surface area contributed by atoms with Gasteiger partial charge >= 0.3 is 0 Å². The maximum atomic E-state index is 12.7. The number of aliphatic hydroxyl groups is 1. The van der Waals surface area contributed by atoms with E-state index in [1.807, 2.05) is 0 Å². The fourth-order valence-corrected chi connectivity index (χ4v) is 2.51. The first-order valence-corrected chi connectivity index (χ1v) is 8.25. The average molecular weight is 349 g/mol. The summed E-state index contributed by atoms with van der Waals surface area (Å²) in [6, 6.07) is 6.96. The van der Waals surface area contributed by atoms with Gasteiger partial charge in [-0.1, -0.05) is 12.1 Å². The van der Waals surface area contributed by atoms with Gasteiger partial charge in [-0.25, -0.2) is 4.39 Å². The molecule has 2 rings (SSSR count). The van der Waals surface area contributed by atoms with Crippen LogP contribution in [0.25, 0.3) is 0 Å². The molecule has 1 atom stereocenters. The molecule has 1 unspecified atom stereocenters. The largest absolute Gasteiger partial charge is 0.493 e. The van der Waals surface area contributed by atoms with E-state index < -0.39 is 0 Å². The van der Waals surface area contributed by atoms with E-state index in [1.54, 1.807) is 42.2 Å². The van der Waals surface area contributed by atoms with E-state index in [0.29, 0.717) is 24.6 Å². The molecule has 6 heteroatoms. The van der Waals surface area contributed by atoms with Gasteiger partial charge in [0.1, 0.15) is 11.9 Å². The summed E-state index contributed by atoms with van der Waals surface area (Å²) in [4.78, 5) is 13.9. The van der Waals surface area contributed by atoms with Crippen LogP contribution in [0.15, 0.2) is 48.0 Å². The van der Waals surface area contributed by atoms with Crippen molar-refractivity contribution < 1.29 is 23.8 Å². The quantitative estimate of drug-likeness (QED) is 0.607. The van der Waals surface area contributed by atoms with Crippen molar-refractivity contribution >= 4 is 5.91 Å². The van der Waals surface area contributed by atoms with Crippen LogP contribution in [0.4, 0.5) is 4.39 Å². The topological polar surface area (TPSA) is 59.0 Å². The second kappa shape index (κ2) is 9.22. The fourth-order valence-electron chi connectivity index (χ4n) is 2.51. The van der Waals surface area contributed by atoms with E-state index in [2.05, 4.69) is 0 Å². The number of aliphatic hydroxyl groups excluding tert-OH is 1. The van der Waals surface area contributed by atoms with Crippen molar-refractivity contribution in [3.8, 4) is 5.75 Å². The van der Waals surface area contributed by atoms with Crippen molar-refractivity contribution in [1.82, 2.24) is 4.90 Å². The highest BCUT2D eigenvalue weighted by molar-refractivity contribution is 5.78. The van der Waals surface area contributed by atoms with Crippen LogP contribution in [0.1, 0.15) is 25.8 Å². The molecular formula is C19H24FNO4. The number of rotatable bonds is 7. The molecule has 0 bridgehead atoms. The summed E-state index contributed by atoms with van der Waals surface area (Å²) in [5.41, 5.74) is 0.791. The molecule has 1 aliphatic heterocycles. The predicted molar refractivity (Wildman–Crippen MR) is 92.6 cm³/mol. The Kier molecular flexibility index (Phi) is 7.01. The van der Waals surface area contributed by atoms with Crippen LogP contribution in [-0.4, -0.2) is 41.7 Å². The number of ether oxygens (including phenoxy) is 2.